The fourth-order valence-electron chi connectivity index (χ4n) is 3.34. The lowest BCUT2D eigenvalue weighted by Gasteiger charge is -2.35. The standard InChI is InChI=1S/C16H23N5O3S/c1-10(22)17-16-19-12(9-25-16)14(23)18-11-3-7-21(8-4-11)13-5-6-20(2)15(13)24/h9,11,13H,3-8H2,1-2H3,(H,18,23)(H,17,19,22). The average molecular weight is 365 g/mol. The zero-order chi connectivity index (χ0) is 18.0. The third-order valence-corrected chi connectivity index (χ3v) is 5.48. The lowest BCUT2D eigenvalue weighted by atomic mass is 10.0. The highest BCUT2D eigenvalue weighted by Gasteiger charge is 2.35. The van der Waals surface area contributed by atoms with Crippen molar-refractivity contribution in [3.8, 4) is 0 Å². The topological polar surface area (TPSA) is 94.6 Å². The summed E-state index contributed by atoms with van der Waals surface area (Å²) in [5.74, 6) is -0.223. The fraction of sp³-hybridized carbons (Fsp3) is 0.625. The van der Waals surface area contributed by atoms with Gasteiger partial charge < -0.3 is 15.5 Å². The first-order valence-electron chi connectivity index (χ1n) is 8.47. The Kier molecular flexibility index (Phi) is 5.33. The molecule has 2 fully saturated rings. The van der Waals surface area contributed by atoms with E-state index < -0.39 is 0 Å². The Hall–Kier alpha value is -2.00. The quantitative estimate of drug-likeness (QED) is 0.811. The van der Waals surface area contributed by atoms with E-state index in [0.29, 0.717) is 10.8 Å². The Labute approximate surface area is 150 Å². The molecule has 0 spiro atoms. The van der Waals surface area contributed by atoms with Gasteiger partial charge >= 0.3 is 0 Å². The molecule has 1 aromatic rings. The van der Waals surface area contributed by atoms with E-state index in [9.17, 15) is 14.4 Å². The van der Waals surface area contributed by atoms with Crippen LogP contribution >= 0.6 is 11.3 Å². The van der Waals surface area contributed by atoms with E-state index in [1.807, 2.05) is 7.05 Å². The Balaban J connectivity index is 1.48. The van der Waals surface area contributed by atoms with Gasteiger partial charge in [-0.15, -0.1) is 11.3 Å². The highest BCUT2D eigenvalue weighted by Crippen LogP contribution is 2.21. The monoisotopic (exact) mass is 365 g/mol. The van der Waals surface area contributed by atoms with Crippen LogP contribution in [0.25, 0.3) is 0 Å². The van der Waals surface area contributed by atoms with Crippen LogP contribution in [0.3, 0.4) is 0 Å². The summed E-state index contributed by atoms with van der Waals surface area (Å²) >= 11 is 1.23. The summed E-state index contributed by atoms with van der Waals surface area (Å²) in [7, 11) is 1.85. The molecule has 3 amide bonds. The molecule has 1 unspecified atom stereocenters. The number of nitrogens with zero attached hydrogens (tertiary/aromatic N) is 3. The van der Waals surface area contributed by atoms with Crippen LogP contribution in [0.4, 0.5) is 5.13 Å². The number of carbonyl (C=O) groups excluding carboxylic acids is 3. The lowest BCUT2D eigenvalue weighted by molar-refractivity contribution is -0.131. The zero-order valence-electron chi connectivity index (χ0n) is 14.4. The smallest absolute Gasteiger partial charge is 0.271 e. The molecule has 0 saturated carbocycles. The van der Waals surface area contributed by atoms with Crippen LogP contribution in [0.5, 0.6) is 0 Å². The van der Waals surface area contributed by atoms with Crippen molar-refractivity contribution >= 4 is 34.2 Å². The first-order chi connectivity index (χ1) is 11.9. The first kappa shape index (κ1) is 17.8. The number of carbonyl (C=O) groups is 3. The number of hydrogen-bond donors (Lipinski definition) is 2. The van der Waals surface area contributed by atoms with Gasteiger partial charge in [0.2, 0.25) is 11.8 Å². The number of rotatable bonds is 4. The molecule has 9 heteroatoms. The third-order valence-electron chi connectivity index (χ3n) is 4.72. The van der Waals surface area contributed by atoms with E-state index >= 15 is 0 Å². The van der Waals surface area contributed by atoms with Gasteiger partial charge in [-0.2, -0.15) is 0 Å². The molecule has 8 nitrogen and oxygen atoms in total. The number of piperidine rings is 1. The van der Waals surface area contributed by atoms with Gasteiger partial charge in [-0.05, 0) is 19.3 Å². The number of nitrogens with one attached hydrogen (secondary N) is 2. The summed E-state index contributed by atoms with van der Waals surface area (Å²) in [6.07, 6.45) is 2.53. The maximum atomic E-state index is 12.3. The number of likely N-dealkylation sites (N-methyl/N-ethyl adjacent to an activating group) is 1. The first-order valence-corrected chi connectivity index (χ1v) is 9.35. The molecule has 1 atom stereocenters. The highest BCUT2D eigenvalue weighted by molar-refractivity contribution is 7.14. The lowest BCUT2D eigenvalue weighted by Crippen LogP contribution is -2.50. The van der Waals surface area contributed by atoms with E-state index in [0.717, 1.165) is 38.9 Å². The van der Waals surface area contributed by atoms with E-state index in [1.165, 1.54) is 18.3 Å². The zero-order valence-corrected chi connectivity index (χ0v) is 15.3. The molecule has 0 aromatic carbocycles. The molecule has 3 heterocycles. The van der Waals surface area contributed by atoms with Crippen LogP contribution in [0.2, 0.25) is 0 Å². The second-order valence-corrected chi connectivity index (χ2v) is 7.43. The van der Waals surface area contributed by atoms with Gasteiger partial charge in [-0.1, -0.05) is 0 Å². The Morgan fingerprint density at radius 3 is 2.56 bits per heavy atom. The number of thiazole rings is 1. The van der Waals surface area contributed by atoms with E-state index in [4.69, 9.17) is 0 Å². The maximum Gasteiger partial charge on any atom is 0.271 e. The van der Waals surface area contributed by atoms with Gasteiger partial charge in [-0.25, -0.2) is 4.98 Å². The van der Waals surface area contributed by atoms with Crippen LogP contribution in [0.1, 0.15) is 36.7 Å². The van der Waals surface area contributed by atoms with Crippen molar-refractivity contribution in [3.05, 3.63) is 11.1 Å². The average Bonchev–Trinajstić information content (AvgIpc) is 3.16. The van der Waals surface area contributed by atoms with Crippen molar-refractivity contribution < 1.29 is 14.4 Å². The molecule has 0 bridgehead atoms. The number of likely N-dealkylation sites (tertiary alicyclic amines) is 2. The third kappa shape index (κ3) is 4.16. The van der Waals surface area contributed by atoms with Crippen molar-refractivity contribution in [2.45, 2.75) is 38.3 Å². The second kappa shape index (κ2) is 7.49. The van der Waals surface area contributed by atoms with Gasteiger partial charge in [0.25, 0.3) is 5.91 Å². The molecule has 3 rings (SSSR count). The molecule has 136 valence electrons. The van der Waals surface area contributed by atoms with Crippen LogP contribution in [-0.2, 0) is 9.59 Å². The minimum atomic E-state index is -0.219. The Morgan fingerprint density at radius 1 is 1.24 bits per heavy atom. The molecule has 1 aromatic heterocycles. The number of aromatic nitrogens is 1. The summed E-state index contributed by atoms with van der Waals surface area (Å²) in [4.78, 5) is 43.6. The van der Waals surface area contributed by atoms with Gasteiger partial charge in [0.1, 0.15) is 5.69 Å². The van der Waals surface area contributed by atoms with Crippen LogP contribution in [0.15, 0.2) is 5.38 Å². The molecule has 2 N–H and O–H groups in total. The molecular formula is C16H23N5O3S. The van der Waals surface area contributed by atoms with E-state index in [1.54, 1.807) is 10.3 Å². The summed E-state index contributed by atoms with van der Waals surface area (Å²) in [5, 5.41) is 7.65. The predicted octanol–water partition coefficient (Wildman–Crippen LogP) is 0.526. The van der Waals surface area contributed by atoms with Crippen molar-refractivity contribution in [2.75, 3.05) is 32.0 Å². The number of hydrogen-bond acceptors (Lipinski definition) is 6. The Bertz CT molecular complexity index is 668. The molecule has 2 saturated heterocycles. The molecule has 0 radical (unpaired) electrons. The SMILES string of the molecule is CC(=O)Nc1nc(C(=O)NC2CCN(C3CCN(C)C3=O)CC2)cs1. The van der Waals surface area contributed by atoms with Crippen LogP contribution in [0, 0.1) is 0 Å². The second-order valence-electron chi connectivity index (χ2n) is 6.57. The number of anilines is 1. The van der Waals surface area contributed by atoms with E-state index in [2.05, 4.69) is 20.5 Å². The molecule has 25 heavy (non-hydrogen) atoms. The molecule has 2 aliphatic rings. The van der Waals surface area contributed by atoms with Crippen LogP contribution in [-0.4, -0.2) is 71.3 Å². The summed E-state index contributed by atoms with van der Waals surface area (Å²) in [6, 6.07) is 0.0873. The van der Waals surface area contributed by atoms with Gasteiger partial charge in [0, 0.05) is 45.0 Å². The summed E-state index contributed by atoms with van der Waals surface area (Å²) < 4.78 is 0. The van der Waals surface area contributed by atoms with Crippen molar-refractivity contribution in [1.29, 1.82) is 0 Å². The largest absolute Gasteiger partial charge is 0.348 e. The van der Waals surface area contributed by atoms with Crippen molar-refractivity contribution in [1.82, 2.24) is 20.1 Å². The minimum Gasteiger partial charge on any atom is -0.348 e. The predicted molar refractivity (Wildman–Crippen MR) is 94.5 cm³/mol. The molecule has 2 aliphatic heterocycles. The number of amides is 3. The van der Waals surface area contributed by atoms with Gasteiger partial charge in [0.15, 0.2) is 5.13 Å². The van der Waals surface area contributed by atoms with E-state index in [-0.39, 0.29) is 29.8 Å². The minimum absolute atomic E-state index is 0.000375. The highest BCUT2D eigenvalue weighted by atomic mass is 32.1. The maximum absolute atomic E-state index is 12.3. The molecular weight excluding hydrogens is 342 g/mol. The normalized spacial score (nSPS) is 22.2. The van der Waals surface area contributed by atoms with Crippen molar-refractivity contribution in [3.63, 3.8) is 0 Å². The Morgan fingerprint density at radius 2 is 1.96 bits per heavy atom. The van der Waals surface area contributed by atoms with Gasteiger partial charge in [-0.3, -0.25) is 19.3 Å². The van der Waals surface area contributed by atoms with Crippen molar-refractivity contribution in [2.24, 2.45) is 0 Å². The summed E-state index contributed by atoms with van der Waals surface area (Å²) in [5.41, 5.74) is 0.323. The van der Waals surface area contributed by atoms with Gasteiger partial charge in [0.05, 0.1) is 6.04 Å². The molecule has 0 aliphatic carbocycles. The van der Waals surface area contributed by atoms with Crippen LogP contribution < -0.4 is 10.6 Å². The summed E-state index contributed by atoms with van der Waals surface area (Å²) in [6.45, 7) is 3.84. The fourth-order valence-corrected chi connectivity index (χ4v) is 4.08.